The van der Waals surface area contributed by atoms with Crippen LogP contribution in [0.3, 0.4) is 0 Å². The second-order valence-electron chi connectivity index (χ2n) is 7.24. The van der Waals surface area contributed by atoms with Crippen molar-refractivity contribution in [2.24, 2.45) is 23.7 Å². The molecule has 0 aliphatic heterocycles. The third kappa shape index (κ3) is 2.76. The zero-order valence-corrected chi connectivity index (χ0v) is 12.2. The zero-order chi connectivity index (χ0) is 12.4. The molecule has 1 N–H and O–H groups in total. The van der Waals surface area contributed by atoms with Gasteiger partial charge in [0, 0.05) is 6.04 Å². The molecule has 3 rings (SSSR count). The van der Waals surface area contributed by atoms with Crippen LogP contribution in [0.2, 0.25) is 0 Å². The molecule has 0 aromatic heterocycles. The molecule has 1 nitrogen and oxygen atoms in total. The van der Waals surface area contributed by atoms with Gasteiger partial charge in [0.1, 0.15) is 0 Å². The van der Waals surface area contributed by atoms with Gasteiger partial charge in [-0.2, -0.15) is 0 Å². The summed E-state index contributed by atoms with van der Waals surface area (Å²) in [5.74, 6) is 4.27. The molecule has 104 valence electrons. The van der Waals surface area contributed by atoms with Gasteiger partial charge in [-0.1, -0.05) is 45.4 Å². The average Bonchev–Trinajstić information content (AvgIpc) is 3.02. The number of rotatable bonds is 5. The Hall–Kier alpha value is -0.0400. The Morgan fingerprint density at radius 3 is 2.44 bits per heavy atom. The minimum atomic E-state index is 0.855. The number of hydrogen-bond donors (Lipinski definition) is 1. The highest BCUT2D eigenvalue weighted by molar-refractivity contribution is 4.95. The summed E-state index contributed by atoms with van der Waals surface area (Å²) in [5, 5.41) is 3.86. The van der Waals surface area contributed by atoms with Gasteiger partial charge in [-0.15, -0.1) is 0 Å². The Labute approximate surface area is 113 Å². The standard InChI is InChI=1S/C17H31N/c1-2-18-17(12-13-6-4-3-5-7-13)16-11-14-8-9-15(16)10-14/h13-18H,2-12H2,1H3. The molecule has 0 spiro atoms. The SMILES string of the molecule is CCNC(CC1CCCCC1)C1CC2CCC1C2. The molecule has 3 saturated carbocycles. The number of nitrogens with one attached hydrogen (secondary N) is 1. The molecule has 0 radical (unpaired) electrons. The van der Waals surface area contributed by atoms with Crippen LogP contribution in [0.25, 0.3) is 0 Å². The second-order valence-corrected chi connectivity index (χ2v) is 7.24. The van der Waals surface area contributed by atoms with Crippen molar-refractivity contribution >= 4 is 0 Å². The molecule has 3 aliphatic rings. The number of hydrogen-bond acceptors (Lipinski definition) is 1. The van der Waals surface area contributed by atoms with Crippen molar-refractivity contribution in [3.8, 4) is 0 Å². The van der Waals surface area contributed by atoms with Crippen molar-refractivity contribution in [1.29, 1.82) is 0 Å². The van der Waals surface area contributed by atoms with Crippen LogP contribution in [-0.2, 0) is 0 Å². The van der Waals surface area contributed by atoms with Gasteiger partial charge in [0.15, 0.2) is 0 Å². The van der Waals surface area contributed by atoms with E-state index in [1.54, 1.807) is 25.7 Å². The lowest BCUT2D eigenvalue weighted by Gasteiger charge is -2.34. The van der Waals surface area contributed by atoms with Crippen LogP contribution in [0.1, 0.15) is 71.1 Å². The molecule has 18 heavy (non-hydrogen) atoms. The van der Waals surface area contributed by atoms with Crippen molar-refractivity contribution < 1.29 is 0 Å². The van der Waals surface area contributed by atoms with E-state index in [1.807, 2.05) is 0 Å². The first-order valence-corrected chi connectivity index (χ1v) is 8.60. The Bertz CT molecular complexity index is 256. The third-order valence-corrected chi connectivity index (χ3v) is 6.09. The van der Waals surface area contributed by atoms with Gasteiger partial charge >= 0.3 is 0 Å². The Morgan fingerprint density at radius 1 is 1.00 bits per heavy atom. The first-order chi connectivity index (χ1) is 8.86. The van der Waals surface area contributed by atoms with Crippen LogP contribution < -0.4 is 5.32 Å². The number of fused-ring (bicyclic) bond motifs is 2. The monoisotopic (exact) mass is 249 g/mol. The molecule has 4 unspecified atom stereocenters. The Balaban J connectivity index is 1.57. The molecule has 0 aromatic rings. The van der Waals surface area contributed by atoms with Crippen molar-refractivity contribution in [3.05, 3.63) is 0 Å². The largest absolute Gasteiger partial charge is 0.314 e. The third-order valence-electron chi connectivity index (χ3n) is 6.09. The molecule has 3 fully saturated rings. The summed E-state index contributed by atoms with van der Waals surface area (Å²) in [6.45, 7) is 3.46. The summed E-state index contributed by atoms with van der Waals surface area (Å²) in [7, 11) is 0. The zero-order valence-electron chi connectivity index (χ0n) is 12.2. The minimum Gasteiger partial charge on any atom is -0.314 e. The van der Waals surface area contributed by atoms with Gasteiger partial charge in [-0.25, -0.2) is 0 Å². The maximum atomic E-state index is 3.86. The van der Waals surface area contributed by atoms with E-state index in [-0.39, 0.29) is 0 Å². The molecular weight excluding hydrogens is 218 g/mol. The smallest absolute Gasteiger partial charge is 0.0101 e. The lowest BCUT2D eigenvalue weighted by Crippen LogP contribution is -2.40. The summed E-state index contributed by atoms with van der Waals surface area (Å²) in [6.07, 6.45) is 15.2. The summed E-state index contributed by atoms with van der Waals surface area (Å²) in [4.78, 5) is 0. The maximum absolute atomic E-state index is 3.86. The van der Waals surface area contributed by atoms with Crippen LogP contribution in [-0.4, -0.2) is 12.6 Å². The maximum Gasteiger partial charge on any atom is 0.0101 e. The van der Waals surface area contributed by atoms with E-state index in [0.717, 1.165) is 29.7 Å². The quantitative estimate of drug-likeness (QED) is 0.763. The fourth-order valence-corrected chi connectivity index (χ4v) is 5.24. The fraction of sp³-hybridized carbons (Fsp3) is 1.00. The lowest BCUT2D eigenvalue weighted by atomic mass is 9.76. The highest BCUT2D eigenvalue weighted by atomic mass is 14.9. The van der Waals surface area contributed by atoms with Crippen molar-refractivity contribution in [2.45, 2.75) is 77.2 Å². The molecule has 4 atom stereocenters. The van der Waals surface area contributed by atoms with Crippen LogP contribution in [0.4, 0.5) is 0 Å². The van der Waals surface area contributed by atoms with Crippen LogP contribution in [0.5, 0.6) is 0 Å². The van der Waals surface area contributed by atoms with E-state index in [9.17, 15) is 0 Å². The molecule has 0 aromatic carbocycles. The van der Waals surface area contributed by atoms with E-state index >= 15 is 0 Å². The molecule has 0 heterocycles. The molecule has 2 bridgehead atoms. The fourth-order valence-electron chi connectivity index (χ4n) is 5.24. The van der Waals surface area contributed by atoms with Gasteiger partial charge in [-0.05, 0) is 55.9 Å². The molecule has 1 heteroatoms. The predicted octanol–water partition coefficient (Wildman–Crippen LogP) is 4.37. The van der Waals surface area contributed by atoms with Gasteiger partial charge in [-0.3, -0.25) is 0 Å². The minimum absolute atomic E-state index is 0.855. The van der Waals surface area contributed by atoms with E-state index in [2.05, 4.69) is 12.2 Å². The normalized spacial score (nSPS) is 38.2. The van der Waals surface area contributed by atoms with E-state index in [1.165, 1.54) is 45.1 Å². The van der Waals surface area contributed by atoms with Gasteiger partial charge < -0.3 is 5.32 Å². The molecule has 0 saturated heterocycles. The average molecular weight is 249 g/mol. The summed E-state index contributed by atoms with van der Waals surface area (Å²) >= 11 is 0. The first-order valence-electron chi connectivity index (χ1n) is 8.60. The van der Waals surface area contributed by atoms with Gasteiger partial charge in [0.05, 0.1) is 0 Å². The van der Waals surface area contributed by atoms with E-state index in [0.29, 0.717) is 0 Å². The summed E-state index contributed by atoms with van der Waals surface area (Å²) in [6, 6.07) is 0.855. The van der Waals surface area contributed by atoms with Crippen molar-refractivity contribution in [1.82, 2.24) is 5.32 Å². The van der Waals surface area contributed by atoms with Crippen LogP contribution in [0, 0.1) is 23.7 Å². The summed E-state index contributed by atoms with van der Waals surface area (Å²) < 4.78 is 0. The highest BCUT2D eigenvalue weighted by Crippen LogP contribution is 2.50. The van der Waals surface area contributed by atoms with Crippen molar-refractivity contribution in [3.63, 3.8) is 0 Å². The predicted molar refractivity (Wildman–Crippen MR) is 77.6 cm³/mol. The molecule has 3 aliphatic carbocycles. The molecular formula is C17H31N. The second kappa shape index (κ2) is 5.94. The van der Waals surface area contributed by atoms with Crippen LogP contribution in [0.15, 0.2) is 0 Å². The summed E-state index contributed by atoms with van der Waals surface area (Å²) in [5.41, 5.74) is 0. The molecule has 0 amide bonds. The van der Waals surface area contributed by atoms with Crippen molar-refractivity contribution in [2.75, 3.05) is 6.54 Å². The Morgan fingerprint density at radius 2 is 1.83 bits per heavy atom. The van der Waals surface area contributed by atoms with E-state index < -0.39 is 0 Å². The topological polar surface area (TPSA) is 12.0 Å². The lowest BCUT2D eigenvalue weighted by molar-refractivity contribution is 0.200. The van der Waals surface area contributed by atoms with Gasteiger partial charge in [0.25, 0.3) is 0 Å². The van der Waals surface area contributed by atoms with E-state index in [4.69, 9.17) is 0 Å². The van der Waals surface area contributed by atoms with Gasteiger partial charge in [0.2, 0.25) is 0 Å². The Kier molecular flexibility index (Phi) is 4.28. The first kappa shape index (κ1) is 13.0. The highest BCUT2D eigenvalue weighted by Gasteiger charge is 2.43. The van der Waals surface area contributed by atoms with Crippen LogP contribution >= 0.6 is 0 Å².